The Morgan fingerprint density at radius 3 is 2.91 bits per heavy atom. The van der Waals surface area contributed by atoms with Gasteiger partial charge in [0.1, 0.15) is 5.03 Å². The highest BCUT2D eigenvalue weighted by molar-refractivity contribution is 7.99. The van der Waals surface area contributed by atoms with Crippen LogP contribution in [0.4, 0.5) is 13.2 Å². The molecular weight excluding hydrogens is 313 g/mol. The molecule has 1 aromatic rings. The second-order valence-corrected chi connectivity index (χ2v) is 6.67. The van der Waals surface area contributed by atoms with Crippen LogP contribution >= 0.6 is 11.8 Å². The Morgan fingerprint density at radius 1 is 1.45 bits per heavy atom. The number of nitrogens with one attached hydrogen (secondary N) is 1. The van der Waals surface area contributed by atoms with Gasteiger partial charge in [-0.1, -0.05) is 31.5 Å². The summed E-state index contributed by atoms with van der Waals surface area (Å²) in [5.41, 5.74) is 0.218. The molecule has 2 rings (SSSR count). The summed E-state index contributed by atoms with van der Waals surface area (Å²) in [6, 6.07) is 3.18. The van der Waals surface area contributed by atoms with Gasteiger partial charge in [-0.3, -0.25) is 4.79 Å². The topological polar surface area (TPSA) is 42.0 Å². The third kappa shape index (κ3) is 5.19. The Balaban J connectivity index is 2.02. The average Bonchev–Trinajstić information content (AvgIpc) is 2.44. The maximum atomic E-state index is 12.3. The van der Waals surface area contributed by atoms with Crippen molar-refractivity contribution in [2.45, 2.75) is 49.9 Å². The summed E-state index contributed by atoms with van der Waals surface area (Å²) >= 11 is 0.548. The maximum Gasteiger partial charge on any atom is 0.398 e. The smallest absolute Gasteiger partial charge is 0.349 e. The van der Waals surface area contributed by atoms with Crippen LogP contribution in [0, 0.1) is 5.92 Å². The zero-order chi connectivity index (χ0) is 16.2. The molecule has 122 valence electrons. The van der Waals surface area contributed by atoms with Gasteiger partial charge in [0.2, 0.25) is 0 Å². The lowest BCUT2D eigenvalue weighted by Crippen LogP contribution is -2.38. The van der Waals surface area contributed by atoms with Crippen molar-refractivity contribution in [1.82, 2.24) is 10.3 Å². The van der Waals surface area contributed by atoms with E-state index in [9.17, 15) is 18.0 Å². The fourth-order valence-corrected chi connectivity index (χ4v) is 3.41. The van der Waals surface area contributed by atoms with Gasteiger partial charge in [0.15, 0.2) is 0 Å². The highest BCUT2D eigenvalue weighted by Gasteiger charge is 2.29. The number of hydrogen-bond acceptors (Lipinski definition) is 3. The summed E-state index contributed by atoms with van der Waals surface area (Å²) in [5, 5.41) is 3.06. The van der Waals surface area contributed by atoms with Gasteiger partial charge in [-0.05, 0) is 30.9 Å². The summed E-state index contributed by atoms with van der Waals surface area (Å²) in [4.78, 5) is 16.2. The lowest BCUT2D eigenvalue weighted by atomic mass is 9.87. The summed E-state index contributed by atoms with van der Waals surface area (Å²) in [6.07, 6.45) is 1.17. The first-order chi connectivity index (χ1) is 10.3. The molecule has 1 N–H and O–H groups in total. The zero-order valence-corrected chi connectivity index (χ0v) is 13.1. The number of halogens is 3. The van der Waals surface area contributed by atoms with Crippen molar-refractivity contribution in [2.24, 2.45) is 5.92 Å². The number of aromatic nitrogens is 1. The third-order valence-corrected chi connectivity index (χ3v) is 4.73. The first-order valence-corrected chi connectivity index (χ1v) is 8.29. The van der Waals surface area contributed by atoms with E-state index in [1.807, 2.05) is 0 Å². The summed E-state index contributed by atoms with van der Waals surface area (Å²) < 4.78 is 37.0. The van der Waals surface area contributed by atoms with E-state index in [4.69, 9.17) is 0 Å². The SMILES string of the molecule is C[C@H]1CCC[C@@H](NC(=O)c2cccnc2SCC(F)(F)F)C1. The van der Waals surface area contributed by atoms with E-state index >= 15 is 0 Å². The average molecular weight is 332 g/mol. The van der Waals surface area contributed by atoms with Gasteiger partial charge in [0.05, 0.1) is 11.3 Å². The number of alkyl halides is 3. The number of carbonyl (C=O) groups excluding carboxylic acids is 1. The van der Waals surface area contributed by atoms with E-state index in [0.717, 1.165) is 25.7 Å². The standard InChI is InChI=1S/C15H19F3N2OS/c1-10-4-2-5-11(8-10)20-13(21)12-6-3-7-19-14(12)22-9-15(16,17)18/h3,6-7,10-11H,2,4-5,8-9H2,1H3,(H,20,21)/t10-,11+/m0/s1. The summed E-state index contributed by atoms with van der Waals surface area (Å²) in [7, 11) is 0. The Hall–Kier alpha value is -1.24. The number of amides is 1. The van der Waals surface area contributed by atoms with Gasteiger partial charge in [-0.2, -0.15) is 13.2 Å². The lowest BCUT2D eigenvalue weighted by Gasteiger charge is -2.27. The van der Waals surface area contributed by atoms with Crippen LogP contribution in [-0.4, -0.2) is 28.9 Å². The van der Waals surface area contributed by atoms with Crippen molar-refractivity contribution in [2.75, 3.05) is 5.75 Å². The van der Waals surface area contributed by atoms with Gasteiger partial charge < -0.3 is 5.32 Å². The second-order valence-electron chi connectivity index (χ2n) is 5.70. The van der Waals surface area contributed by atoms with Crippen LogP contribution in [0.3, 0.4) is 0 Å². The van der Waals surface area contributed by atoms with Crippen molar-refractivity contribution in [1.29, 1.82) is 0 Å². The zero-order valence-electron chi connectivity index (χ0n) is 12.3. The molecule has 1 amide bonds. The normalized spacial score (nSPS) is 22.4. The quantitative estimate of drug-likeness (QED) is 0.846. The molecule has 0 saturated heterocycles. The molecule has 0 unspecified atom stereocenters. The lowest BCUT2D eigenvalue weighted by molar-refractivity contribution is -0.105. The van der Waals surface area contributed by atoms with Gasteiger partial charge in [0, 0.05) is 12.2 Å². The molecule has 2 atom stereocenters. The van der Waals surface area contributed by atoms with Gasteiger partial charge in [0.25, 0.3) is 5.91 Å². The molecule has 3 nitrogen and oxygen atoms in total. The van der Waals surface area contributed by atoms with Crippen LogP contribution in [0.1, 0.15) is 43.0 Å². The van der Waals surface area contributed by atoms with Crippen molar-refractivity contribution >= 4 is 17.7 Å². The molecule has 0 aromatic carbocycles. The van der Waals surface area contributed by atoms with Crippen LogP contribution in [0.5, 0.6) is 0 Å². The van der Waals surface area contributed by atoms with Crippen LogP contribution in [0.15, 0.2) is 23.4 Å². The van der Waals surface area contributed by atoms with Crippen LogP contribution in [0.2, 0.25) is 0 Å². The Kier molecular flexibility index (Phi) is 5.72. The van der Waals surface area contributed by atoms with Crippen LogP contribution < -0.4 is 5.32 Å². The predicted octanol–water partition coefficient (Wildman–Crippen LogP) is 4.04. The van der Waals surface area contributed by atoms with Crippen LogP contribution in [0.25, 0.3) is 0 Å². The fourth-order valence-electron chi connectivity index (χ4n) is 2.66. The molecule has 0 spiro atoms. The minimum atomic E-state index is -4.28. The summed E-state index contributed by atoms with van der Waals surface area (Å²) in [6.45, 7) is 2.15. The number of carbonyl (C=O) groups is 1. The molecule has 0 aliphatic heterocycles. The molecule has 1 aliphatic carbocycles. The van der Waals surface area contributed by atoms with E-state index in [2.05, 4.69) is 17.2 Å². The van der Waals surface area contributed by atoms with Crippen LogP contribution in [-0.2, 0) is 0 Å². The molecule has 0 radical (unpaired) electrons. The fraction of sp³-hybridized carbons (Fsp3) is 0.600. The van der Waals surface area contributed by atoms with Crippen molar-refractivity contribution in [3.8, 4) is 0 Å². The Morgan fingerprint density at radius 2 is 2.23 bits per heavy atom. The minimum absolute atomic E-state index is 0.0944. The van der Waals surface area contributed by atoms with Crippen molar-refractivity contribution in [3.05, 3.63) is 23.9 Å². The van der Waals surface area contributed by atoms with Crippen molar-refractivity contribution in [3.63, 3.8) is 0 Å². The molecular formula is C15H19F3N2OS. The molecule has 7 heteroatoms. The molecule has 1 heterocycles. The second kappa shape index (κ2) is 7.35. The van der Waals surface area contributed by atoms with Gasteiger partial charge >= 0.3 is 6.18 Å². The summed E-state index contributed by atoms with van der Waals surface area (Å²) in [5.74, 6) is -0.825. The van der Waals surface area contributed by atoms with E-state index in [1.165, 1.54) is 12.3 Å². The predicted molar refractivity (Wildman–Crippen MR) is 79.9 cm³/mol. The van der Waals surface area contributed by atoms with E-state index < -0.39 is 11.9 Å². The molecule has 22 heavy (non-hydrogen) atoms. The molecule has 1 fully saturated rings. The Labute approximate surface area is 132 Å². The Bertz CT molecular complexity index is 522. The first kappa shape index (κ1) is 17.1. The van der Waals surface area contributed by atoms with E-state index in [-0.39, 0.29) is 22.5 Å². The number of thioether (sulfide) groups is 1. The van der Waals surface area contributed by atoms with E-state index in [0.29, 0.717) is 17.7 Å². The number of hydrogen-bond donors (Lipinski definition) is 1. The minimum Gasteiger partial charge on any atom is -0.349 e. The highest BCUT2D eigenvalue weighted by Crippen LogP contribution is 2.28. The number of pyridine rings is 1. The van der Waals surface area contributed by atoms with E-state index in [1.54, 1.807) is 6.07 Å². The maximum absolute atomic E-state index is 12.3. The van der Waals surface area contributed by atoms with Crippen molar-refractivity contribution < 1.29 is 18.0 Å². The van der Waals surface area contributed by atoms with Gasteiger partial charge in [-0.25, -0.2) is 4.98 Å². The molecule has 1 aliphatic rings. The molecule has 1 aromatic heterocycles. The molecule has 1 saturated carbocycles. The third-order valence-electron chi connectivity index (χ3n) is 3.66. The largest absolute Gasteiger partial charge is 0.398 e. The molecule has 0 bridgehead atoms. The monoisotopic (exact) mass is 332 g/mol. The number of nitrogens with zero attached hydrogens (tertiary/aromatic N) is 1. The van der Waals surface area contributed by atoms with Gasteiger partial charge in [-0.15, -0.1) is 0 Å². The highest BCUT2D eigenvalue weighted by atomic mass is 32.2. The number of rotatable bonds is 4. The first-order valence-electron chi connectivity index (χ1n) is 7.30.